The van der Waals surface area contributed by atoms with E-state index in [0.29, 0.717) is 0 Å². The molecule has 0 bridgehead atoms. The zero-order chi connectivity index (χ0) is 13.6. The number of carboxylic acids is 2. The third-order valence-electron chi connectivity index (χ3n) is 1.46. The summed E-state index contributed by atoms with van der Waals surface area (Å²) in [7, 11) is -2.92. The van der Waals surface area contributed by atoms with Gasteiger partial charge < -0.3 is 25.3 Å². The van der Waals surface area contributed by atoms with E-state index in [4.69, 9.17) is 25.3 Å². The van der Waals surface area contributed by atoms with Gasteiger partial charge in [0.1, 0.15) is 11.4 Å². The monoisotopic (exact) mass is 312 g/mol. The second-order valence-electron chi connectivity index (χ2n) is 2.56. The van der Waals surface area contributed by atoms with Gasteiger partial charge in [0.25, 0.3) is 0 Å². The molecule has 0 heterocycles. The number of halogens is 1. The third kappa shape index (κ3) is 11.7. The Morgan fingerprint density at radius 1 is 1.00 bits per heavy atom. The van der Waals surface area contributed by atoms with E-state index in [9.17, 15) is 14.0 Å². The Balaban J connectivity index is -0.000000164. The largest absolute Gasteiger partial charge is 1.00 e. The van der Waals surface area contributed by atoms with Crippen LogP contribution >= 0.6 is 0 Å². The zero-order valence-corrected chi connectivity index (χ0v) is 17.1. The molecule has 92 valence electrons. The van der Waals surface area contributed by atoms with Crippen molar-refractivity contribution in [3.05, 3.63) is 35.1 Å². The van der Waals surface area contributed by atoms with Crippen molar-refractivity contribution in [1.29, 1.82) is 0 Å². The summed E-state index contributed by atoms with van der Waals surface area (Å²) in [5.74, 6) is -4.10. The fraction of sp³-hybridized carbons (Fsp3) is 0. The molecule has 20 heavy (non-hydrogen) atoms. The molecule has 1 aromatic rings. The van der Waals surface area contributed by atoms with Crippen LogP contribution in [-0.4, -0.2) is 29.5 Å². The van der Waals surface area contributed by atoms with Crippen LogP contribution in [0.4, 0.5) is 4.39 Å². The fourth-order valence-electron chi connectivity index (χ4n) is 0.920. The molecule has 0 saturated heterocycles. The molecule has 0 amide bonds. The molecule has 0 atom stereocenters. The first-order valence-corrected chi connectivity index (χ1v) is 4.00. The van der Waals surface area contributed by atoms with Gasteiger partial charge in [-0.2, -0.15) is 0 Å². The smallest absolute Gasteiger partial charge is 0.907 e. The zero-order valence-electron chi connectivity index (χ0n) is 11.1. The van der Waals surface area contributed by atoms with E-state index in [1.54, 1.807) is 0 Å². The Hall–Kier alpha value is 1.03. The van der Waals surface area contributed by atoms with Crippen molar-refractivity contribution in [2.75, 3.05) is 0 Å². The van der Waals surface area contributed by atoms with E-state index in [2.05, 4.69) is 0 Å². The molecular weight excluding hydrogens is 307 g/mol. The Bertz CT molecular complexity index is 430. The van der Waals surface area contributed by atoms with Crippen LogP contribution in [-0.2, 0) is 0 Å². The van der Waals surface area contributed by atoms with Crippen LogP contribution in [0.2, 0.25) is 0 Å². The molecule has 12 heteroatoms. The van der Waals surface area contributed by atoms with Gasteiger partial charge in [0, 0.05) is 0 Å². The molecule has 1 aromatic carbocycles. The number of hydrogen-bond donors (Lipinski definition) is 2. The summed E-state index contributed by atoms with van der Waals surface area (Å²) in [6, 6.07) is 3.08. The van der Waals surface area contributed by atoms with Gasteiger partial charge in [-0.1, -0.05) is 6.07 Å². The molecule has 7 nitrogen and oxygen atoms in total. The maximum absolute atomic E-state index is 12.8. The maximum Gasteiger partial charge on any atom is 1.00 e. The van der Waals surface area contributed by atoms with Gasteiger partial charge in [0.2, 0.25) is 0 Å². The van der Waals surface area contributed by atoms with E-state index < -0.39 is 36.2 Å². The van der Waals surface area contributed by atoms with E-state index in [0.717, 1.165) is 18.2 Å². The minimum absolute atomic E-state index is 0. The average Bonchev–Trinajstić information content (AvgIpc) is 2.15. The van der Waals surface area contributed by atoms with Crippen LogP contribution in [0.25, 0.3) is 0 Å². The molecule has 0 aliphatic heterocycles. The van der Waals surface area contributed by atoms with E-state index >= 15 is 0 Å². The molecule has 0 aliphatic rings. The molecule has 0 saturated carbocycles. The summed E-state index contributed by atoms with van der Waals surface area (Å²) in [6.45, 7) is 0. The predicted octanol–water partition coefficient (Wildman–Crippen LogP) is -11.7. The number of carbonyl (C=O) groups is 2. The van der Waals surface area contributed by atoms with Crippen molar-refractivity contribution in [2.45, 2.75) is 0 Å². The second kappa shape index (κ2) is 15.0. The molecule has 1 rings (SSSR count). The molecule has 0 unspecified atom stereocenters. The Kier molecular flexibility index (Phi) is 21.8. The summed E-state index contributed by atoms with van der Waals surface area (Å²) in [5, 5.41) is 42.3. The van der Waals surface area contributed by atoms with Crippen LogP contribution in [0.15, 0.2) is 18.2 Å². The van der Waals surface area contributed by atoms with Crippen LogP contribution in [0, 0.1) is 5.82 Å². The fourth-order valence-corrected chi connectivity index (χ4v) is 0.920. The third-order valence-corrected chi connectivity index (χ3v) is 1.46. The molecule has 2 N–H and O–H groups in total. The van der Waals surface area contributed by atoms with Crippen molar-refractivity contribution >= 4 is 19.3 Å². The van der Waals surface area contributed by atoms with Gasteiger partial charge >= 0.3 is 101 Å². The standard InChI is InChI=1S/C8H5FO4.BO3.3Na/c9-5-3-1-2-4(7(10)11)6(5)8(12)13;2-1(3)4;;;/h1-3H,(H,10,11)(H,12,13);;;;/q;-3;3*+1. The summed E-state index contributed by atoms with van der Waals surface area (Å²) in [4.78, 5) is 20.9. The van der Waals surface area contributed by atoms with Crippen molar-refractivity contribution in [3.63, 3.8) is 0 Å². The van der Waals surface area contributed by atoms with Crippen LogP contribution < -0.4 is 104 Å². The normalized spacial score (nSPS) is 7.60. The van der Waals surface area contributed by atoms with Gasteiger partial charge in [-0.05, 0) is 12.1 Å². The summed E-state index contributed by atoms with van der Waals surface area (Å²) in [6.07, 6.45) is 0. The second-order valence-corrected chi connectivity index (χ2v) is 2.56. The average molecular weight is 312 g/mol. The number of hydrogen-bond acceptors (Lipinski definition) is 5. The number of benzene rings is 1. The van der Waals surface area contributed by atoms with Crippen molar-refractivity contribution in [2.24, 2.45) is 0 Å². The van der Waals surface area contributed by atoms with Gasteiger partial charge in [-0.25, -0.2) is 14.0 Å². The van der Waals surface area contributed by atoms with Crippen LogP contribution in [0.5, 0.6) is 0 Å². The topological polar surface area (TPSA) is 144 Å². The van der Waals surface area contributed by atoms with E-state index in [1.807, 2.05) is 0 Å². The summed E-state index contributed by atoms with van der Waals surface area (Å²) < 4.78 is 12.8. The van der Waals surface area contributed by atoms with Gasteiger partial charge in [0.15, 0.2) is 0 Å². The van der Waals surface area contributed by atoms with Gasteiger partial charge in [-0.15, -0.1) is 0 Å². The molecular formula is C8H5BFNa3O7. The number of aromatic carboxylic acids is 2. The van der Waals surface area contributed by atoms with Crippen LogP contribution in [0.1, 0.15) is 20.7 Å². The minimum Gasteiger partial charge on any atom is -0.907 e. The number of rotatable bonds is 2. The maximum atomic E-state index is 12.8. The van der Waals surface area contributed by atoms with Gasteiger partial charge in [-0.3, -0.25) is 7.32 Å². The Morgan fingerprint density at radius 3 is 1.65 bits per heavy atom. The predicted molar refractivity (Wildman–Crippen MR) is 46.1 cm³/mol. The molecule has 0 radical (unpaired) electrons. The first-order chi connectivity index (χ1) is 7.77. The quantitative estimate of drug-likeness (QED) is 0.516. The summed E-state index contributed by atoms with van der Waals surface area (Å²) in [5.41, 5.74) is -1.36. The molecule has 0 fully saturated rings. The Morgan fingerprint density at radius 2 is 1.40 bits per heavy atom. The van der Waals surface area contributed by atoms with Crippen molar-refractivity contribution < 1.29 is 128 Å². The van der Waals surface area contributed by atoms with Gasteiger partial charge in [0.05, 0.1) is 5.56 Å². The first kappa shape index (κ1) is 29.1. The Labute approximate surface area is 180 Å². The number of carboxylic acid groups (broad SMARTS) is 2. The van der Waals surface area contributed by atoms with E-state index in [-0.39, 0.29) is 88.7 Å². The van der Waals surface area contributed by atoms with Crippen molar-refractivity contribution in [1.82, 2.24) is 0 Å². The van der Waals surface area contributed by atoms with Crippen molar-refractivity contribution in [3.8, 4) is 0 Å². The summed E-state index contributed by atoms with van der Waals surface area (Å²) >= 11 is 0. The molecule has 0 spiro atoms. The van der Waals surface area contributed by atoms with Crippen LogP contribution in [0.3, 0.4) is 0 Å². The SMILES string of the molecule is O=C(O)c1cccc(F)c1C(=O)O.[Na+].[Na+].[Na+].[O-]B([O-])[O-]. The molecule has 0 aliphatic carbocycles. The van der Waals surface area contributed by atoms with E-state index in [1.165, 1.54) is 0 Å². The first-order valence-electron chi connectivity index (χ1n) is 4.00. The minimum atomic E-state index is -2.92. The molecule has 0 aromatic heterocycles.